The number of pyridine rings is 1. The zero-order valence-corrected chi connectivity index (χ0v) is 19.2. The standard InChI is InChI=1S/C20H23F3N6O.HI/c1-2-24-19(26-12-18-28-27-17-5-3-4-10-29(17)18)25-11-15-6-8-16(9-7-15)13-30-14-20(21,22)23;/h3-10H,2,11-14H2,1H3,(H2,24,25,26);1H. The monoisotopic (exact) mass is 548 g/mol. The third-order valence-electron chi connectivity index (χ3n) is 4.12. The van der Waals surface area contributed by atoms with Crippen molar-refractivity contribution in [2.24, 2.45) is 4.99 Å². The largest absolute Gasteiger partial charge is 0.411 e. The third-order valence-corrected chi connectivity index (χ3v) is 4.12. The normalized spacial score (nSPS) is 11.9. The van der Waals surface area contributed by atoms with Crippen molar-refractivity contribution >= 4 is 35.6 Å². The highest BCUT2D eigenvalue weighted by Crippen LogP contribution is 2.16. The molecule has 2 aromatic heterocycles. The maximum Gasteiger partial charge on any atom is 0.411 e. The maximum atomic E-state index is 12.1. The van der Waals surface area contributed by atoms with Gasteiger partial charge in [0.25, 0.3) is 0 Å². The van der Waals surface area contributed by atoms with Crippen molar-refractivity contribution in [3.05, 3.63) is 65.6 Å². The lowest BCUT2D eigenvalue weighted by molar-refractivity contribution is -0.176. The van der Waals surface area contributed by atoms with Gasteiger partial charge < -0.3 is 15.4 Å². The summed E-state index contributed by atoms with van der Waals surface area (Å²) in [6, 6.07) is 12.8. The van der Waals surface area contributed by atoms with E-state index in [4.69, 9.17) is 0 Å². The molecule has 0 unspecified atom stereocenters. The van der Waals surface area contributed by atoms with Crippen molar-refractivity contribution in [3.63, 3.8) is 0 Å². The van der Waals surface area contributed by atoms with Crippen molar-refractivity contribution in [2.75, 3.05) is 13.2 Å². The molecular weight excluding hydrogens is 524 g/mol. The number of fused-ring (bicyclic) bond motifs is 1. The van der Waals surface area contributed by atoms with Gasteiger partial charge in [-0.15, -0.1) is 34.2 Å². The van der Waals surface area contributed by atoms with Crippen LogP contribution in [0, 0.1) is 0 Å². The Labute approximate surface area is 195 Å². The number of aliphatic imine (C=N–C) groups is 1. The van der Waals surface area contributed by atoms with Gasteiger partial charge in [-0.25, -0.2) is 4.99 Å². The fraction of sp³-hybridized carbons (Fsp3) is 0.350. The van der Waals surface area contributed by atoms with Crippen LogP contribution in [0.5, 0.6) is 0 Å². The van der Waals surface area contributed by atoms with Crippen LogP contribution < -0.4 is 10.6 Å². The minimum absolute atomic E-state index is 0. The number of rotatable bonds is 8. The molecule has 0 radical (unpaired) electrons. The first-order chi connectivity index (χ1) is 14.4. The van der Waals surface area contributed by atoms with Gasteiger partial charge in [0, 0.05) is 12.7 Å². The Morgan fingerprint density at radius 2 is 1.81 bits per heavy atom. The molecule has 0 aliphatic carbocycles. The van der Waals surface area contributed by atoms with Gasteiger partial charge in [0.15, 0.2) is 17.4 Å². The van der Waals surface area contributed by atoms with Crippen molar-refractivity contribution in [1.82, 2.24) is 25.2 Å². The van der Waals surface area contributed by atoms with Crippen LogP contribution in [0.4, 0.5) is 13.2 Å². The Morgan fingerprint density at radius 3 is 2.52 bits per heavy atom. The van der Waals surface area contributed by atoms with Gasteiger partial charge in [0.1, 0.15) is 6.61 Å². The Morgan fingerprint density at radius 1 is 1.06 bits per heavy atom. The first-order valence-corrected chi connectivity index (χ1v) is 9.48. The van der Waals surface area contributed by atoms with Crippen LogP contribution in [-0.2, 0) is 24.4 Å². The number of ether oxygens (including phenoxy) is 1. The third kappa shape index (κ3) is 7.98. The average molecular weight is 548 g/mol. The highest BCUT2D eigenvalue weighted by molar-refractivity contribution is 14.0. The van der Waals surface area contributed by atoms with Crippen LogP contribution in [0.15, 0.2) is 53.7 Å². The molecule has 0 aliphatic rings. The molecule has 7 nitrogen and oxygen atoms in total. The summed E-state index contributed by atoms with van der Waals surface area (Å²) in [5.74, 6) is 1.39. The number of alkyl halides is 3. The van der Waals surface area contributed by atoms with Gasteiger partial charge in [0.2, 0.25) is 0 Å². The molecule has 0 amide bonds. The summed E-state index contributed by atoms with van der Waals surface area (Å²) in [6.07, 6.45) is -2.42. The van der Waals surface area contributed by atoms with E-state index in [9.17, 15) is 13.2 Å². The van der Waals surface area contributed by atoms with Gasteiger partial charge >= 0.3 is 6.18 Å². The lowest BCUT2D eigenvalue weighted by atomic mass is 10.1. The number of nitrogens with one attached hydrogen (secondary N) is 2. The summed E-state index contributed by atoms with van der Waals surface area (Å²) < 4.78 is 43.0. The minimum atomic E-state index is -4.32. The highest BCUT2D eigenvalue weighted by atomic mass is 127. The van der Waals surface area contributed by atoms with E-state index in [-0.39, 0.29) is 30.6 Å². The molecule has 0 fully saturated rings. The SMILES string of the molecule is CCNC(=NCc1ccc(COCC(F)(F)F)cc1)NCc1nnc2ccccn12.I. The van der Waals surface area contributed by atoms with Crippen molar-refractivity contribution in [3.8, 4) is 0 Å². The number of halogens is 4. The Balaban J connectivity index is 0.00000341. The Hall–Kier alpha value is -2.41. The summed E-state index contributed by atoms with van der Waals surface area (Å²) in [5.41, 5.74) is 2.38. The first kappa shape index (κ1) is 24.9. The molecule has 168 valence electrons. The lowest BCUT2D eigenvalue weighted by Gasteiger charge is -2.11. The van der Waals surface area contributed by atoms with E-state index in [0.29, 0.717) is 31.2 Å². The van der Waals surface area contributed by atoms with E-state index in [0.717, 1.165) is 17.0 Å². The van der Waals surface area contributed by atoms with Crippen LogP contribution in [0.2, 0.25) is 0 Å². The van der Waals surface area contributed by atoms with Crippen molar-refractivity contribution in [1.29, 1.82) is 0 Å². The summed E-state index contributed by atoms with van der Waals surface area (Å²) in [4.78, 5) is 4.54. The molecule has 0 spiro atoms. The molecule has 0 bridgehead atoms. The minimum Gasteiger partial charge on any atom is -0.367 e. The zero-order valence-electron chi connectivity index (χ0n) is 16.9. The topological polar surface area (TPSA) is 75.8 Å². The smallest absolute Gasteiger partial charge is 0.367 e. The molecule has 31 heavy (non-hydrogen) atoms. The fourth-order valence-corrected chi connectivity index (χ4v) is 2.71. The second-order valence-corrected chi connectivity index (χ2v) is 6.52. The van der Waals surface area contributed by atoms with Gasteiger partial charge in [-0.3, -0.25) is 4.40 Å². The second-order valence-electron chi connectivity index (χ2n) is 6.52. The molecule has 11 heteroatoms. The molecule has 0 saturated carbocycles. The molecule has 0 aliphatic heterocycles. The summed E-state index contributed by atoms with van der Waals surface area (Å²) in [5, 5.41) is 14.7. The fourth-order valence-electron chi connectivity index (χ4n) is 2.71. The van der Waals surface area contributed by atoms with Crippen molar-refractivity contribution in [2.45, 2.75) is 32.8 Å². The second kappa shape index (κ2) is 11.8. The number of nitrogens with zero attached hydrogens (tertiary/aromatic N) is 4. The van der Waals surface area contributed by atoms with E-state index in [1.165, 1.54) is 0 Å². The van der Waals surface area contributed by atoms with Crippen LogP contribution in [-0.4, -0.2) is 39.9 Å². The summed E-state index contributed by atoms with van der Waals surface area (Å²) >= 11 is 0. The Kier molecular flexibility index (Phi) is 9.49. The Bertz CT molecular complexity index is 975. The van der Waals surface area contributed by atoms with E-state index >= 15 is 0 Å². The summed E-state index contributed by atoms with van der Waals surface area (Å²) in [6.45, 7) is 2.20. The predicted molar refractivity (Wildman–Crippen MR) is 122 cm³/mol. The summed E-state index contributed by atoms with van der Waals surface area (Å²) in [7, 11) is 0. The maximum absolute atomic E-state index is 12.1. The zero-order chi connectivity index (χ0) is 21.4. The quantitative estimate of drug-likeness (QED) is 0.255. The number of guanidine groups is 1. The number of benzene rings is 1. The van der Waals surface area contributed by atoms with E-state index in [1.54, 1.807) is 12.1 Å². The molecule has 0 atom stereocenters. The first-order valence-electron chi connectivity index (χ1n) is 9.48. The predicted octanol–water partition coefficient (Wildman–Crippen LogP) is 3.68. The molecule has 2 heterocycles. The molecule has 3 rings (SSSR count). The van der Waals surface area contributed by atoms with E-state index < -0.39 is 12.8 Å². The highest BCUT2D eigenvalue weighted by Gasteiger charge is 2.27. The average Bonchev–Trinajstić information content (AvgIpc) is 3.13. The molecular formula is C20H24F3IN6O. The van der Waals surface area contributed by atoms with Crippen LogP contribution in [0.1, 0.15) is 23.9 Å². The lowest BCUT2D eigenvalue weighted by Crippen LogP contribution is -2.37. The van der Waals surface area contributed by atoms with Gasteiger partial charge in [0.05, 0.1) is 19.7 Å². The van der Waals surface area contributed by atoms with E-state index in [1.807, 2.05) is 47.9 Å². The van der Waals surface area contributed by atoms with Crippen LogP contribution in [0.3, 0.4) is 0 Å². The van der Waals surface area contributed by atoms with Gasteiger partial charge in [-0.2, -0.15) is 13.2 Å². The molecule has 1 aromatic carbocycles. The molecule has 2 N–H and O–H groups in total. The number of aromatic nitrogens is 3. The number of hydrogen-bond acceptors (Lipinski definition) is 4. The van der Waals surface area contributed by atoms with E-state index in [2.05, 4.69) is 30.6 Å². The van der Waals surface area contributed by atoms with Gasteiger partial charge in [-0.1, -0.05) is 30.3 Å². The van der Waals surface area contributed by atoms with Crippen LogP contribution >= 0.6 is 24.0 Å². The van der Waals surface area contributed by atoms with Gasteiger partial charge in [-0.05, 0) is 30.2 Å². The molecule has 0 saturated heterocycles. The van der Waals surface area contributed by atoms with Crippen molar-refractivity contribution < 1.29 is 17.9 Å². The number of hydrogen-bond donors (Lipinski definition) is 2. The molecule has 3 aromatic rings. The van der Waals surface area contributed by atoms with Crippen LogP contribution in [0.25, 0.3) is 5.65 Å².